The molecule has 0 aromatic heterocycles. The van der Waals surface area contributed by atoms with Crippen molar-refractivity contribution in [2.24, 2.45) is 0 Å². The summed E-state index contributed by atoms with van der Waals surface area (Å²) in [5, 5.41) is 10.1. The van der Waals surface area contributed by atoms with Crippen LogP contribution in [0, 0.1) is 29.1 Å². The third-order valence-corrected chi connectivity index (χ3v) is 7.33. The van der Waals surface area contributed by atoms with Gasteiger partial charge in [0.2, 0.25) is 5.82 Å². The van der Waals surface area contributed by atoms with Gasteiger partial charge >= 0.3 is 0 Å². The molecule has 0 bridgehead atoms. The van der Waals surface area contributed by atoms with E-state index in [-0.39, 0.29) is 40.9 Å². The average Bonchev–Trinajstić information content (AvgIpc) is 2.89. The molecule has 3 aromatic carbocycles. The zero-order valence-corrected chi connectivity index (χ0v) is 21.0. The molecule has 37 heavy (non-hydrogen) atoms. The molecule has 2 nitrogen and oxygen atoms in total. The molecule has 198 valence electrons. The maximum absolute atomic E-state index is 15.0. The second-order valence-electron chi connectivity index (χ2n) is 9.64. The van der Waals surface area contributed by atoms with Crippen LogP contribution in [0.4, 0.5) is 22.0 Å². The van der Waals surface area contributed by atoms with Gasteiger partial charge in [-0.2, -0.15) is 4.39 Å². The number of aliphatic hydroxyl groups is 1. The summed E-state index contributed by atoms with van der Waals surface area (Å²) >= 11 is 0. The van der Waals surface area contributed by atoms with Crippen molar-refractivity contribution in [3.63, 3.8) is 0 Å². The Bertz CT molecular complexity index is 1250. The quantitative estimate of drug-likeness (QED) is 0.302. The van der Waals surface area contributed by atoms with Gasteiger partial charge in [0.25, 0.3) is 0 Å². The molecule has 0 radical (unpaired) electrons. The molecule has 1 aliphatic carbocycles. The molecular weight excluding hydrogens is 487 g/mol. The molecule has 3 aromatic rings. The molecule has 0 aliphatic heterocycles. The van der Waals surface area contributed by atoms with Crippen LogP contribution >= 0.6 is 0 Å². The Labute approximate surface area is 214 Å². The number of aliphatic hydroxyl groups excluding tert-OH is 1. The van der Waals surface area contributed by atoms with Gasteiger partial charge in [-0.05, 0) is 80.2 Å². The van der Waals surface area contributed by atoms with Crippen LogP contribution in [-0.2, 0) is 0 Å². The first-order valence-electron chi connectivity index (χ1n) is 12.8. The van der Waals surface area contributed by atoms with Crippen molar-refractivity contribution in [2.75, 3.05) is 6.61 Å². The Morgan fingerprint density at radius 2 is 1.46 bits per heavy atom. The van der Waals surface area contributed by atoms with E-state index in [1.807, 2.05) is 6.92 Å². The van der Waals surface area contributed by atoms with Crippen LogP contribution in [0.25, 0.3) is 11.1 Å². The maximum atomic E-state index is 15.0. The molecule has 0 spiro atoms. The van der Waals surface area contributed by atoms with E-state index in [9.17, 15) is 22.7 Å². The van der Waals surface area contributed by atoms with Gasteiger partial charge in [0, 0.05) is 16.7 Å². The van der Waals surface area contributed by atoms with E-state index in [0.29, 0.717) is 44.1 Å². The second-order valence-corrected chi connectivity index (χ2v) is 9.64. The molecule has 0 heterocycles. The van der Waals surface area contributed by atoms with Gasteiger partial charge in [0.05, 0.1) is 12.7 Å². The molecule has 1 N–H and O–H groups in total. The first kappa shape index (κ1) is 27.1. The fourth-order valence-corrected chi connectivity index (χ4v) is 5.33. The summed E-state index contributed by atoms with van der Waals surface area (Å²) in [6.07, 6.45) is 2.47. The van der Waals surface area contributed by atoms with E-state index in [2.05, 4.69) is 0 Å². The summed E-state index contributed by atoms with van der Waals surface area (Å²) in [4.78, 5) is 0. The number of hydrogen-bond donors (Lipinski definition) is 1. The molecule has 1 saturated carbocycles. The smallest absolute Gasteiger partial charge is 0.201 e. The number of rotatable bonds is 8. The van der Waals surface area contributed by atoms with Crippen molar-refractivity contribution in [2.45, 2.75) is 70.3 Å². The molecule has 0 amide bonds. The highest BCUT2D eigenvalue weighted by Crippen LogP contribution is 2.43. The summed E-state index contributed by atoms with van der Waals surface area (Å²) in [6, 6.07) is 10.1. The molecular formula is C30H31F5O2. The van der Waals surface area contributed by atoms with Crippen LogP contribution in [0.15, 0.2) is 42.5 Å². The Hall–Kier alpha value is -2.93. The highest BCUT2D eigenvalue weighted by molar-refractivity contribution is 5.66. The maximum Gasteiger partial charge on any atom is 0.201 e. The highest BCUT2D eigenvalue weighted by atomic mass is 19.2. The molecule has 1 atom stereocenters. The number of hydrogen-bond acceptors (Lipinski definition) is 2. The van der Waals surface area contributed by atoms with Gasteiger partial charge in [-0.1, -0.05) is 37.6 Å². The zero-order valence-electron chi connectivity index (χ0n) is 21.0. The Morgan fingerprint density at radius 3 is 2.11 bits per heavy atom. The first-order valence-corrected chi connectivity index (χ1v) is 12.8. The monoisotopic (exact) mass is 518 g/mol. The fraction of sp³-hybridized carbons (Fsp3) is 0.400. The van der Waals surface area contributed by atoms with Gasteiger partial charge in [-0.25, -0.2) is 17.6 Å². The van der Waals surface area contributed by atoms with Crippen molar-refractivity contribution in [3.05, 3.63) is 88.2 Å². The van der Waals surface area contributed by atoms with E-state index >= 15 is 4.39 Å². The SMILES string of the molecule is CCCC(O)c1ccc(C2CCC(c3ccc(-c4ccc(OCC)c(F)c4F)c(F)c3)CC2)c(F)c1F. The van der Waals surface area contributed by atoms with Crippen molar-refractivity contribution in [1.29, 1.82) is 0 Å². The Kier molecular flexibility index (Phi) is 8.53. The number of ether oxygens (including phenoxy) is 1. The van der Waals surface area contributed by atoms with Gasteiger partial charge < -0.3 is 9.84 Å². The van der Waals surface area contributed by atoms with E-state index in [1.165, 1.54) is 30.3 Å². The molecule has 1 aliphatic rings. The zero-order chi connectivity index (χ0) is 26.7. The Balaban J connectivity index is 1.48. The lowest BCUT2D eigenvalue weighted by atomic mass is 9.75. The van der Waals surface area contributed by atoms with Crippen LogP contribution < -0.4 is 4.74 Å². The Morgan fingerprint density at radius 1 is 0.784 bits per heavy atom. The summed E-state index contributed by atoms with van der Waals surface area (Å²) < 4.78 is 78.4. The summed E-state index contributed by atoms with van der Waals surface area (Å²) in [7, 11) is 0. The molecule has 1 fully saturated rings. The number of halogens is 5. The predicted molar refractivity (Wildman–Crippen MR) is 133 cm³/mol. The van der Waals surface area contributed by atoms with E-state index in [0.717, 1.165) is 5.56 Å². The van der Waals surface area contributed by atoms with Crippen molar-refractivity contribution in [1.82, 2.24) is 0 Å². The minimum atomic E-state index is -1.17. The third-order valence-electron chi connectivity index (χ3n) is 7.33. The fourth-order valence-electron chi connectivity index (χ4n) is 5.33. The topological polar surface area (TPSA) is 29.5 Å². The molecule has 1 unspecified atom stereocenters. The lowest BCUT2D eigenvalue weighted by molar-refractivity contribution is 0.160. The normalized spacial score (nSPS) is 18.6. The van der Waals surface area contributed by atoms with Gasteiger partial charge in [-0.15, -0.1) is 0 Å². The predicted octanol–water partition coefficient (Wildman–Crippen LogP) is 8.72. The van der Waals surface area contributed by atoms with E-state index in [4.69, 9.17) is 4.74 Å². The van der Waals surface area contributed by atoms with E-state index < -0.39 is 35.2 Å². The van der Waals surface area contributed by atoms with Crippen LogP contribution in [0.5, 0.6) is 5.75 Å². The van der Waals surface area contributed by atoms with Crippen LogP contribution in [0.1, 0.15) is 87.0 Å². The minimum absolute atomic E-state index is 0.0141. The second kappa shape index (κ2) is 11.6. The number of benzene rings is 3. The van der Waals surface area contributed by atoms with Crippen molar-refractivity contribution < 1.29 is 31.8 Å². The van der Waals surface area contributed by atoms with Crippen LogP contribution in [0.2, 0.25) is 0 Å². The molecule has 4 rings (SSSR count). The molecule has 0 saturated heterocycles. The van der Waals surface area contributed by atoms with E-state index in [1.54, 1.807) is 19.1 Å². The first-order chi connectivity index (χ1) is 17.8. The van der Waals surface area contributed by atoms with Gasteiger partial charge in [0.15, 0.2) is 23.2 Å². The molecule has 7 heteroatoms. The lowest BCUT2D eigenvalue weighted by Gasteiger charge is -2.30. The van der Waals surface area contributed by atoms with Gasteiger partial charge in [-0.3, -0.25) is 0 Å². The average molecular weight is 519 g/mol. The third kappa shape index (κ3) is 5.52. The summed E-state index contributed by atoms with van der Waals surface area (Å²) in [6.45, 7) is 3.69. The van der Waals surface area contributed by atoms with Crippen molar-refractivity contribution >= 4 is 0 Å². The van der Waals surface area contributed by atoms with Gasteiger partial charge in [0.1, 0.15) is 5.82 Å². The van der Waals surface area contributed by atoms with Crippen molar-refractivity contribution in [3.8, 4) is 16.9 Å². The van der Waals surface area contributed by atoms with Crippen LogP contribution in [-0.4, -0.2) is 11.7 Å². The highest BCUT2D eigenvalue weighted by Gasteiger charge is 2.28. The minimum Gasteiger partial charge on any atom is -0.491 e. The van der Waals surface area contributed by atoms with Crippen LogP contribution in [0.3, 0.4) is 0 Å². The summed E-state index contributed by atoms with van der Waals surface area (Å²) in [5.41, 5.74) is 0.795. The summed E-state index contributed by atoms with van der Waals surface area (Å²) in [5.74, 6) is -5.25. The standard InChI is InChI=1S/C30H31F5O2/c1-3-5-25(36)23-13-12-20(27(32)29(23)34)18-8-6-17(7-9-18)19-10-11-21(24(31)16-19)22-14-15-26(37-4-2)30(35)28(22)33/h10-18,25,36H,3-9H2,1-2H3. The lowest BCUT2D eigenvalue weighted by Crippen LogP contribution is -2.15. The largest absolute Gasteiger partial charge is 0.491 e.